The second-order valence-electron chi connectivity index (χ2n) is 4.31. The first kappa shape index (κ1) is 11.4. The Balaban J connectivity index is 2.29. The maximum atomic E-state index is 5.68. The summed E-state index contributed by atoms with van der Waals surface area (Å²) in [6.45, 7) is 2.15. The Morgan fingerprint density at radius 2 is 2.20 bits per heavy atom. The fourth-order valence-corrected chi connectivity index (χ4v) is 2.86. The molecular formula is C12H17IN2. The van der Waals surface area contributed by atoms with Gasteiger partial charge in [0.05, 0.1) is 0 Å². The molecule has 1 unspecified atom stereocenters. The van der Waals surface area contributed by atoms with Crippen LogP contribution in [-0.2, 0) is 0 Å². The molecule has 1 aliphatic rings. The zero-order valence-corrected chi connectivity index (χ0v) is 11.1. The number of hydrazine groups is 1. The molecule has 15 heavy (non-hydrogen) atoms. The van der Waals surface area contributed by atoms with Gasteiger partial charge in [-0.25, -0.2) is 0 Å². The zero-order valence-electron chi connectivity index (χ0n) is 8.96. The number of halogens is 1. The monoisotopic (exact) mass is 316 g/mol. The van der Waals surface area contributed by atoms with E-state index in [1.54, 1.807) is 0 Å². The first-order valence-corrected chi connectivity index (χ1v) is 6.53. The molecule has 0 heterocycles. The molecule has 1 aliphatic carbocycles. The topological polar surface area (TPSA) is 38.0 Å². The standard InChI is InChI=1S/C12H17IN2/c1-8-4-2-7-10(11(8)13)12(15-14)9-5-3-6-9/h2,4,7,9,12,15H,3,5-6,14H2,1H3. The number of rotatable bonds is 3. The molecule has 82 valence electrons. The van der Waals surface area contributed by atoms with Gasteiger partial charge in [-0.3, -0.25) is 11.3 Å². The van der Waals surface area contributed by atoms with Crippen LogP contribution < -0.4 is 11.3 Å². The largest absolute Gasteiger partial charge is 0.271 e. The highest BCUT2D eigenvalue weighted by molar-refractivity contribution is 14.1. The predicted molar refractivity (Wildman–Crippen MR) is 71.3 cm³/mol. The fraction of sp³-hybridized carbons (Fsp3) is 0.500. The van der Waals surface area contributed by atoms with E-state index in [2.05, 4.69) is 53.1 Å². The van der Waals surface area contributed by atoms with Crippen molar-refractivity contribution in [2.24, 2.45) is 11.8 Å². The lowest BCUT2D eigenvalue weighted by molar-refractivity contribution is 0.231. The van der Waals surface area contributed by atoms with Gasteiger partial charge >= 0.3 is 0 Å². The van der Waals surface area contributed by atoms with Gasteiger partial charge in [-0.05, 0) is 59.4 Å². The van der Waals surface area contributed by atoms with E-state index in [1.807, 2.05) is 0 Å². The van der Waals surface area contributed by atoms with Crippen LogP contribution >= 0.6 is 22.6 Å². The molecule has 0 radical (unpaired) electrons. The van der Waals surface area contributed by atoms with E-state index >= 15 is 0 Å². The maximum absolute atomic E-state index is 5.68. The smallest absolute Gasteiger partial charge is 0.0498 e. The van der Waals surface area contributed by atoms with Crippen molar-refractivity contribution in [3.05, 3.63) is 32.9 Å². The summed E-state index contributed by atoms with van der Waals surface area (Å²) in [5.41, 5.74) is 5.69. The van der Waals surface area contributed by atoms with E-state index in [9.17, 15) is 0 Å². The van der Waals surface area contributed by atoms with Gasteiger partial charge < -0.3 is 0 Å². The summed E-state index contributed by atoms with van der Waals surface area (Å²) in [4.78, 5) is 0. The van der Waals surface area contributed by atoms with E-state index in [0.29, 0.717) is 6.04 Å². The normalized spacial score (nSPS) is 18.6. The predicted octanol–water partition coefficient (Wildman–Crippen LogP) is 2.90. The molecule has 1 atom stereocenters. The van der Waals surface area contributed by atoms with Crippen LogP contribution in [0.4, 0.5) is 0 Å². The molecule has 0 bridgehead atoms. The van der Waals surface area contributed by atoms with Gasteiger partial charge in [-0.1, -0.05) is 24.6 Å². The Bertz CT molecular complexity index is 347. The number of nitrogens with one attached hydrogen (secondary N) is 1. The van der Waals surface area contributed by atoms with Crippen molar-refractivity contribution in [1.29, 1.82) is 0 Å². The molecular weight excluding hydrogens is 299 g/mol. The van der Waals surface area contributed by atoms with Crippen LogP contribution in [0.25, 0.3) is 0 Å². The molecule has 2 rings (SSSR count). The van der Waals surface area contributed by atoms with Crippen LogP contribution in [0.15, 0.2) is 18.2 Å². The molecule has 0 amide bonds. The molecule has 1 saturated carbocycles. The number of aryl methyl sites for hydroxylation is 1. The molecule has 0 aliphatic heterocycles. The molecule has 3 heteroatoms. The number of benzene rings is 1. The van der Waals surface area contributed by atoms with Crippen molar-refractivity contribution in [2.75, 3.05) is 0 Å². The molecule has 1 fully saturated rings. The van der Waals surface area contributed by atoms with Crippen LogP contribution in [0.2, 0.25) is 0 Å². The third-order valence-electron chi connectivity index (χ3n) is 3.36. The van der Waals surface area contributed by atoms with Gasteiger partial charge in [0.1, 0.15) is 0 Å². The third kappa shape index (κ3) is 2.19. The van der Waals surface area contributed by atoms with Gasteiger partial charge in [-0.15, -0.1) is 0 Å². The van der Waals surface area contributed by atoms with Gasteiger partial charge in [-0.2, -0.15) is 0 Å². The van der Waals surface area contributed by atoms with Crippen molar-refractivity contribution in [3.63, 3.8) is 0 Å². The molecule has 2 nitrogen and oxygen atoms in total. The van der Waals surface area contributed by atoms with Crippen LogP contribution in [0.1, 0.15) is 36.4 Å². The lowest BCUT2D eigenvalue weighted by atomic mass is 9.77. The van der Waals surface area contributed by atoms with Crippen molar-refractivity contribution < 1.29 is 0 Å². The summed E-state index contributed by atoms with van der Waals surface area (Å²) >= 11 is 2.42. The first-order chi connectivity index (χ1) is 7.24. The van der Waals surface area contributed by atoms with E-state index in [0.717, 1.165) is 5.92 Å². The minimum atomic E-state index is 0.338. The third-order valence-corrected chi connectivity index (χ3v) is 4.83. The fourth-order valence-electron chi connectivity index (χ4n) is 2.16. The minimum absolute atomic E-state index is 0.338. The summed E-state index contributed by atoms with van der Waals surface area (Å²) in [7, 11) is 0. The number of nitrogens with two attached hydrogens (primary N) is 1. The Morgan fingerprint density at radius 3 is 2.73 bits per heavy atom. The first-order valence-electron chi connectivity index (χ1n) is 5.45. The zero-order chi connectivity index (χ0) is 10.8. The molecule has 0 spiro atoms. The second-order valence-corrected chi connectivity index (χ2v) is 5.39. The van der Waals surface area contributed by atoms with Crippen molar-refractivity contribution >= 4 is 22.6 Å². The summed E-state index contributed by atoms with van der Waals surface area (Å²) in [5, 5.41) is 0. The number of hydrogen-bond acceptors (Lipinski definition) is 2. The van der Waals surface area contributed by atoms with E-state index in [1.165, 1.54) is 34.0 Å². The Kier molecular flexibility index (Phi) is 3.64. The van der Waals surface area contributed by atoms with Crippen LogP contribution in [0.5, 0.6) is 0 Å². The second kappa shape index (κ2) is 4.80. The highest BCUT2D eigenvalue weighted by atomic mass is 127. The molecule has 1 aromatic rings. The molecule has 3 N–H and O–H groups in total. The van der Waals surface area contributed by atoms with E-state index in [4.69, 9.17) is 5.84 Å². The summed E-state index contributed by atoms with van der Waals surface area (Å²) in [6.07, 6.45) is 3.96. The summed E-state index contributed by atoms with van der Waals surface area (Å²) < 4.78 is 1.35. The lowest BCUT2D eigenvalue weighted by Gasteiger charge is -2.34. The average molecular weight is 316 g/mol. The van der Waals surface area contributed by atoms with Crippen molar-refractivity contribution in [3.8, 4) is 0 Å². The lowest BCUT2D eigenvalue weighted by Crippen LogP contribution is -2.37. The molecule has 0 aromatic heterocycles. The van der Waals surface area contributed by atoms with Crippen molar-refractivity contribution in [1.82, 2.24) is 5.43 Å². The van der Waals surface area contributed by atoms with Gasteiger partial charge in [0.25, 0.3) is 0 Å². The quantitative estimate of drug-likeness (QED) is 0.511. The highest BCUT2D eigenvalue weighted by Gasteiger charge is 2.28. The summed E-state index contributed by atoms with van der Waals surface area (Å²) in [6, 6.07) is 6.80. The Labute approximate surface area is 105 Å². The van der Waals surface area contributed by atoms with E-state index < -0.39 is 0 Å². The SMILES string of the molecule is Cc1cccc(C(NN)C2CCC2)c1I. The van der Waals surface area contributed by atoms with Crippen LogP contribution in [0.3, 0.4) is 0 Å². The minimum Gasteiger partial charge on any atom is -0.271 e. The maximum Gasteiger partial charge on any atom is 0.0498 e. The van der Waals surface area contributed by atoms with Crippen LogP contribution in [-0.4, -0.2) is 0 Å². The Hall–Kier alpha value is -0.130. The number of hydrogen-bond donors (Lipinski definition) is 2. The highest BCUT2D eigenvalue weighted by Crippen LogP contribution is 2.38. The van der Waals surface area contributed by atoms with Crippen LogP contribution in [0, 0.1) is 16.4 Å². The van der Waals surface area contributed by atoms with Gasteiger partial charge in [0.2, 0.25) is 0 Å². The van der Waals surface area contributed by atoms with Gasteiger partial charge in [0.15, 0.2) is 0 Å². The van der Waals surface area contributed by atoms with Crippen molar-refractivity contribution in [2.45, 2.75) is 32.2 Å². The average Bonchev–Trinajstić information content (AvgIpc) is 2.16. The Morgan fingerprint density at radius 1 is 1.47 bits per heavy atom. The van der Waals surface area contributed by atoms with E-state index in [-0.39, 0.29) is 0 Å². The molecule has 0 saturated heterocycles. The summed E-state index contributed by atoms with van der Waals surface area (Å²) in [5.74, 6) is 6.41. The van der Waals surface area contributed by atoms with Gasteiger partial charge in [0, 0.05) is 9.61 Å². The molecule has 1 aromatic carbocycles.